The maximum atomic E-state index is 10.9. The largest absolute Gasteiger partial charge is 0.491 e. The molecule has 0 unspecified atom stereocenters. The van der Waals surface area contributed by atoms with E-state index in [9.17, 15) is 16.8 Å². The first-order valence-corrected chi connectivity index (χ1v) is 11.9. The number of benzene rings is 2. The van der Waals surface area contributed by atoms with Gasteiger partial charge < -0.3 is 9.47 Å². The highest BCUT2D eigenvalue weighted by Gasteiger charge is 2.04. The second kappa shape index (κ2) is 9.87. The summed E-state index contributed by atoms with van der Waals surface area (Å²) in [4.78, 5) is 0. The molecule has 0 saturated heterocycles. The Bertz CT molecular complexity index is 868. The molecule has 28 heavy (non-hydrogen) atoms. The van der Waals surface area contributed by atoms with Crippen LogP contribution in [0.25, 0.3) is 11.1 Å². The summed E-state index contributed by atoms with van der Waals surface area (Å²) < 4.78 is 63.5. The Morgan fingerprint density at radius 2 is 0.893 bits per heavy atom. The highest BCUT2D eigenvalue weighted by molar-refractivity contribution is 7.86. The molecule has 154 valence electrons. The van der Waals surface area contributed by atoms with Crippen molar-refractivity contribution in [3.8, 4) is 22.6 Å². The van der Waals surface area contributed by atoms with Gasteiger partial charge in [-0.2, -0.15) is 16.8 Å². The summed E-state index contributed by atoms with van der Waals surface area (Å²) in [7, 11) is -6.93. The molecule has 0 aliphatic carbocycles. The Kier molecular flexibility index (Phi) is 7.81. The average molecular weight is 431 g/mol. The zero-order valence-corrected chi connectivity index (χ0v) is 17.2. The summed E-state index contributed by atoms with van der Waals surface area (Å²) in [5, 5.41) is 0. The van der Waals surface area contributed by atoms with Crippen LogP contribution in [0.3, 0.4) is 0 Å². The summed E-state index contributed by atoms with van der Waals surface area (Å²) in [5.41, 5.74) is 1.93. The van der Waals surface area contributed by atoms with E-state index in [4.69, 9.17) is 9.47 Å². The number of rotatable bonds is 11. The lowest BCUT2D eigenvalue weighted by atomic mass is 10.1. The molecule has 0 saturated carbocycles. The lowest BCUT2D eigenvalue weighted by Gasteiger charge is -2.09. The van der Waals surface area contributed by atoms with Gasteiger partial charge >= 0.3 is 0 Å². The van der Waals surface area contributed by atoms with Crippen LogP contribution in [0.15, 0.2) is 48.5 Å². The van der Waals surface area contributed by atoms with Crippen molar-refractivity contribution in [3.63, 3.8) is 0 Å². The fourth-order valence-corrected chi connectivity index (χ4v) is 2.92. The fourth-order valence-electron chi connectivity index (χ4n) is 2.18. The van der Waals surface area contributed by atoms with Crippen molar-refractivity contribution in [1.29, 1.82) is 0 Å². The van der Waals surface area contributed by atoms with E-state index in [1.807, 2.05) is 24.3 Å². The molecule has 0 N–H and O–H groups in total. The van der Waals surface area contributed by atoms with E-state index in [2.05, 4.69) is 8.37 Å². The third kappa shape index (κ3) is 8.70. The molecule has 0 fully saturated rings. The van der Waals surface area contributed by atoms with E-state index in [0.717, 1.165) is 23.6 Å². The zero-order chi connectivity index (χ0) is 20.6. The minimum atomic E-state index is -3.46. The van der Waals surface area contributed by atoms with Gasteiger partial charge in [-0.1, -0.05) is 24.3 Å². The molecule has 0 radical (unpaired) electrons. The van der Waals surface area contributed by atoms with Crippen LogP contribution in [-0.4, -0.2) is 55.8 Å². The molecule has 0 bridgehead atoms. The molecule has 0 aliphatic rings. The SMILES string of the molecule is CS(=O)(=O)OCCOc1ccc(-c2ccc(OCCOS(C)(=O)=O)cc2)cc1. The first-order valence-electron chi connectivity index (χ1n) is 8.27. The molecular weight excluding hydrogens is 408 g/mol. The third-order valence-electron chi connectivity index (χ3n) is 3.34. The van der Waals surface area contributed by atoms with Gasteiger partial charge in [0.15, 0.2) is 0 Å². The predicted octanol–water partition coefficient (Wildman–Crippen LogP) is 2.06. The first-order chi connectivity index (χ1) is 13.1. The molecule has 0 amide bonds. The standard InChI is InChI=1S/C18H22O8S2/c1-27(19,20)25-13-11-23-17-7-3-15(4-8-17)16-5-9-18(10-6-16)24-12-14-26-28(2,21)22/h3-10H,11-14H2,1-2H3. The Morgan fingerprint density at radius 3 is 1.18 bits per heavy atom. The van der Waals surface area contributed by atoms with Gasteiger partial charge in [-0.15, -0.1) is 0 Å². The molecular formula is C18H22O8S2. The molecule has 0 spiro atoms. The summed E-state index contributed by atoms with van der Waals surface area (Å²) >= 11 is 0. The Balaban J connectivity index is 1.83. The molecule has 0 atom stereocenters. The lowest BCUT2D eigenvalue weighted by Crippen LogP contribution is -2.11. The van der Waals surface area contributed by atoms with Crippen molar-refractivity contribution >= 4 is 20.2 Å². The molecule has 10 heteroatoms. The number of hydrogen-bond donors (Lipinski definition) is 0. The zero-order valence-electron chi connectivity index (χ0n) is 15.5. The van der Waals surface area contributed by atoms with Gasteiger partial charge in [0.1, 0.15) is 37.9 Å². The monoisotopic (exact) mass is 430 g/mol. The molecule has 2 aromatic rings. The van der Waals surface area contributed by atoms with Crippen LogP contribution >= 0.6 is 0 Å². The lowest BCUT2D eigenvalue weighted by molar-refractivity contribution is 0.222. The minimum absolute atomic E-state index is 0.0444. The van der Waals surface area contributed by atoms with Gasteiger partial charge in [-0.25, -0.2) is 0 Å². The van der Waals surface area contributed by atoms with Crippen molar-refractivity contribution in [2.45, 2.75) is 0 Å². The molecule has 8 nitrogen and oxygen atoms in total. The van der Waals surface area contributed by atoms with Crippen LogP contribution in [0.5, 0.6) is 11.5 Å². The topological polar surface area (TPSA) is 105 Å². The smallest absolute Gasteiger partial charge is 0.264 e. The van der Waals surface area contributed by atoms with Crippen molar-refractivity contribution < 1.29 is 34.7 Å². The van der Waals surface area contributed by atoms with E-state index < -0.39 is 20.2 Å². The average Bonchev–Trinajstić information content (AvgIpc) is 2.62. The predicted molar refractivity (Wildman–Crippen MR) is 104 cm³/mol. The Labute approximate surface area is 165 Å². The summed E-state index contributed by atoms with van der Waals surface area (Å²) in [5.74, 6) is 1.21. The normalized spacial score (nSPS) is 11.9. The van der Waals surface area contributed by atoms with Gasteiger partial charge in [-0.05, 0) is 35.4 Å². The van der Waals surface area contributed by atoms with Crippen LogP contribution in [0.1, 0.15) is 0 Å². The van der Waals surface area contributed by atoms with E-state index in [0.29, 0.717) is 11.5 Å². The van der Waals surface area contributed by atoms with Gasteiger partial charge in [-0.3, -0.25) is 8.37 Å². The second-order valence-corrected chi connectivity index (χ2v) is 9.09. The number of ether oxygens (including phenoxy) is 2. The van der Waals surface area contributed by atoms with E-state index in [-0.39, 0.29) is 26.4 Å². The maximum absolute atomic E-state index is 10.9. The van der Waals surface area contributed by atoms with E-state index in [1.165, 1.54) is 0 Å². The molecule has 0 heterocycles. The van der Waals surface area contributed by atoms with E-state index in [1.54, 1.807) is 24.3 Å². The molecule has 2 rings (SSSR count). The Hall–Kier alpha value is -2.14. The maximum Gasteiger partial charge on any atom is 0.264 e. The van der Waals surface area contributed by atoms with Crippen LogP contribution < -0.4 is 9.47 Å². The molecule has 0 aliphatic heterocycles. The highest BCUT2D eigenvalue weighted by atomic mass is 32.2. The van der Waals surface area contributed by atoms with Gasteiger partial charge in [0.25, 0.3) is 20.2 Å². The van der Waals surface area contributed by atoms with Gasteiger partial charge in [0.2, 0.25) is 0 Å². The van der Waals surface area contributed by atoms with Crippen LogP contribution in [0.2, 0.25) is 0 Å². The molecule has 2 aromatic carbocycles. The van der Waals surface area contributed by atoms with Crippen molar-refractivity contribution in [2.75, 3.05) is 38.9 Å². The van der Waals surface area contributed by atoms with Crippen LogP contribution in [0, 0.1) is 0 Å². The number of hydrogen-bond acceptors (Lipinski definition) is 8. The first kappa shape index (κ1) is 22.2. The summed E-state index contributed by atoms with van der Waals surface area (Å²) in [6.45, 7) is 0.164. The van der Waals surface area contributed by atoms with Gasteiger partial charge in [0, 0.05) is 0 Å². The van der Waals surface area contributed by atoms with Crippen molar-refractivity contribution in [3.05, 3.63) is 48.5 Å². The van der Waals surface area contributed by atoms with Crippen LogP contribution in [0.4, 0.5) is 0 Å². The summed E-state index contributed by atoms with van der Waals surface area (Å²) in [6.07, 6.45) is 1.98. The Morgan fingerprint density at radius 1 is 0.571 bits per heavy atom. The quantitative estimate of drug-likeness (QED) is 0.394. The molecule has 0 aromatic heterocycles. The second-order valence-electron chi connectivity index (χ2n) is 5.80. The van der Waals surface area contributed by atoms with Gasteiger partial charge in [0.05, 0.1) is 12.5 Å². The van der Waals surface area contributed by atoms with Crippen LogP contribution in [-0.2, 0) is 28.6 Å². The fraction of sp³-hybridized carbons (Fsp3) is 0.333. The van der Waals surface area contributed by atoms with Crippen molar-refractivity contribution in [1.82, 2.24) is 0 Å². The van der Waals surface area contributed by atoms with E-state index >= 15 is 0 Å². The highest BCUT2D eigenvalue weighted by Crippen LogP contribution is 2.24. The van der Waals surface area contributed by atoms with Crippen molar-refractivity contribution in [2.24, 2.45) is 0 Å². The third-order valence-corrected chi connectivity index (χ3v) is 4.53. The minimum Gasteiger partial charge on any atom is -0.491 e. The summed E-state index contributed by atoms with van der Waals surface area (Å²) in [6, 6.07) is 14.6.